The van der Waals surface area contributed by atoms with Crippen molar-refractivity contribution < 1.29 is 9.47 Å². The quantitative estimate of drug-likeness (QED) is 0.901. The lowest BCUT2D eigenvalue weighted by Gasteiger charge is -2.32. The Hall–Kier alpha value is -0.810. The van der Waals surface area contributed by atoms with Gasteiger partial charge in [0, 0.05) is 31.2 Å². The highest BCUT2D eigenvalue weighted by Crippen LogP contribution is 2.23. The molecule has 1 fully saturated rings. The number of hydrogen-bond donors (Lipinski definition) is 1. The van der Waals surface area contributed by atoms with Gasteiger partial charge in [-0.05, 0) is 23.8 Å². The Kier molecular flexibility index (Phi) is 4.83. The summed E-state index contributed by atoms with van der Waals surface area (Å²) in [6.07, 6.45) is 0.128. The van der Waals surface area contributed by atoms with Crippen molar-refractivity contribution >= 4 is 11.6 Å². The van der Waals surface area contributed by atoms with Gasteiger partial charge in [-0.15, -0.1) is 0 Å². The molecular weight excluding hydrogens is 252 g/mol. The smallest absolute Gasteiger partial charge is 0.119 e. The second kappa shape index (κ2) is 6.38. The molecule has 2 rings (SSSR count). The second-order valence-corrected chi connectivity index (χ2v) is 4.83. The van der Waals surface area contributed by atoms with Crippen LogP contribution in [0.3, 0.4) is 0 Å². The zero-order valence-corrected chi connectivity index (χ0v) is 11.3. The van der Waals surface area contributed by atoms with Crippen LogP contribution in [0.25, 0.3) is 0 Å². The summed E-state index contributed by atoms with van der Waals surface area (Å²) in [5, 5.41) is 0.770. The van der Waals surface area contributed by atoms with Gasteiger partial charge in [-0.3, -0.25) is 4.90 Å². The molecule has 1 unspecified atom stereocenters. The van der Waals surface area contributed by atoms with E-state index in [4.69, 9.17) is 26.8 Å². The Labute approximate surface area is 113 Å². The molecule has 0 bridgehead atoms. The molecular formula is C13H19ClN2O2. The summed E-state index contributed by atoms with van der Waals surface area (Å²) in [4.78, 5) is 2.31. The molecule has 1 aliphatic heterocycles. The van der Waals surface area contributed by atoms with E-state index >= 15 is 0 Å². The summed E-state index contributed by atoms with van der Waals surface area (Å²) in [7, 11) is 1.66. The van der Waals surface area contributed by atoms with Crippen molar-refractivity contribution in [1.82, 2.24) is 4.90 Å². The van der Waals surface area contributed by atoms with Crippen LogP contribution in [-0.2, 0) is 11.3 Å². The van der Waals surface area contributed by atoms with Gasteiger partial charge in [0.25, 0.3) is 0 Å². The minimum atomic E-state index is 0.128. The first kappa shape index (κ1) is 13.6. The van der Waals surface area contributed by atoms with Gasteiger partial charge in [-0.25, -0.2) is 0 Å². The Morgan fingerprint density at radius 3 is 3.11 bits per heavy atom. The number of hydrogen-bond acceptors (Lipinski definition) is 4. The van der Waals surface area contributed by atoms with Gasteiger partial charge in [-0.1, -0.05) is 11.6 Å². The maximum atomic E-state index is 6.20. The standard InChI is InChI=1S/C13H19ClN2O2/c1-17-11-2-3-13(14)10(6-11)8-16-4-5-18-12(7-15)9-16/h2-3,6,12H,4-5,7-9,15H2,1H3. The molecule has 5 heteroatoms. The molecule has 0 radical (unpaired) electrons. The molecule has 18 heavy (non-hydrogen) atoms. The predicted molar refractivity (Wildman–Crippen MR) is 72.1 cm³/mol. The van der Waals surface area contributed by atoms with E-state index in [1.165, 1.54) is 0 Å². The lowest BCUT2D eigenvalue weighted by molar-refractivity contribution is -0.0260. The number of halogens is 1. The van der Waals surface area contributed by atoms with Gasteiger partial charge in [0.2, 0.25) is 0 Å². The Balaban J connectivity index is 2.04. The molecule has 100 valence electrons. The first-order valence-corrected chi connectivity index (χ1v) is 6.47. The highest BCUT2D eigenvalue weighted by Gasteiger charge is 2.19. The molecule has 1 aromatic rings. The number of nitrogens with zero attached hydrogens (tertiary/aromatic N) is 1. The van der Waals surface area contributed by atoms with Gasteiger partial charge in [0.1, 0.15) is 5.75 Å². The summed E-state index contributed by atoms with van der Waals surface area (Å²) in [5.74, 6) is 0.832. The predicted octanol–water partition coefficient (Wildman–Crippen LogP) is 1.51. The van der Waals surface area contributed by atoms with Gasteiger partial charge in [0.15, 0.2) is 0 Å². The lowest BCUT2D eigenvalue weighted by Crippen LogP contribution is -2.45. The van der Waals surface area contributed by atoms with Gasteiger partial charge >= 0.3 is 0 Å². The molecule has 0 saturated carbocycles. The fraction of sp³-hybridized carbons (Fsp3) is 0.538. The summed E-state index contributed by atoms with van der Waals surface area (Å²) in [6, 6.07) is 5.72. The topological polar surface area (TPSA) is 47.7 Å². The van der Waals surface area contributed by atoms with E-state index in [-0.39, 0.29) is 6.10 Å². The first-order valence-electron chi connectivity index (χ1n) is 6.09. The molecule has 0 amide bonds. The number of benzene rings is 1. The van der Waals surface area contributed by atoms with Crippen LogP contribution in [0.2, 0.25) is 5.02 Å². The normalized spacial score (nSPS) is 20.9. The number of nitrogens with two attached hydrogens (primary N) is 1. The molecule has 2 N–H and O–H groups in total. The molecule has 0 aliphatic carbocycles. The molecule has 1 atom stereocenters. The van der Waals surface area contributed by atoms with Crippen molar-refractivity contribution in [3.05, 3.63) is 28.8 Å². The minimum Gasteiger partial charge on any atom is -0.497 e. The second-order valence-electron chi connectivity index (χ2n) is 4.42. The van der Waals surface area contributed by atoms with Crippen LogP contribution in [0.1, 0.15) is 5.56 Å². The molecule has 1 heterocycles. The van der Waals surface area contributed by atoms with Crippen LogP contribution in [0.4, 0.5) is 0 Å². The average molecular weight is 271 g/mol. The lowest BCUT2D eigenvalue weighted by atomic mass is 10.1. The van der Waals surface area contributed by atoms with E-state index in [2.05, 4.69) is 4.90 Å². The van der Waals surface area contributed by atoms with Crippen LogP contribution >= 0.6 is 11.6 Å². The Morgan fingerprint density at radius 1 is 1.56 bits per heavy atom. The van der Waals surface area contributed by atoms with Crippen molar-refractivity contribution in [2.24, 2.45) is 5.73 Å². The SMILES string of the molecule is COc1ccc(Cl)c(CN2CCOC(CN)C2)c1. The van der Waals surface area contributed by atoms with Gasteiger partial charge in [0.05, 0.1) is 19.8 Å². The summed E-state index contributed by atoms with van der Waals surface area (Å²) in [5.41, 5.74) is 6.71. The molecule has 4 nitrogen and oxygen atoms in total. The highest BCUT2D eigenvalue weighted by molar-refractivity contribution is 6.31. The summed E-state index contributed by atoms with van der Waals surface area (Å²) < 4.78 is 10.8. The zero-order chi connectivity index (χ0) is 13.0. The number of ether oxygens (including phenoxy) is 2. The molecule has 0 aromatic heterocycles. The number of rotatable bonds is 4. The van der Waals surface area contributed by atoms with E-state index in [0.717, 1.165) is 42.6 Å². The van der Waals surface area contributed by atoms with Gasteiger partial charge in [-0.2, -0.15) is 0 Å². The fourth-order valence-electron chi connectivity index (χ4n) is 2.11. The van der Waals surface area contributed by atoms with E-state index < -0.39 is 0 Å². The van der Waals surface area contributed by atoms with Crippen LogP contribution in [0.15, 0.2) is 18.2 Å². The molecule has 0 spiro atoms. The molecule has 1 saturated heterocycles. The monoisotopic (exact) mass is 270 g/mol. The highest BCUT2D eigenvalue weighted by atomic mass is 35.5. The number of morpholine rings is 1. The van der Waals surface area contributed by atoms with Crippen molar-refractivity contribution in [2.45, 2.75) is 12.6 Å². The summed E-state index contributed by atoms with van der Waals surface area (Å²) >= 11 is 6.20. The molecule has 1 aliphatic rings. The third kappa shape index (κ3) is 3.36. The first-order chi connectivity index (χ1) is 8.72. The van der Waals surface area contributed by atoms with E-state index in [0.29, 0.717) is 6.54 Å². The van der Waals surface area contributed by atoms with Crippen molar-refractivity contribution in [1.29, 1.82) is 0 Å². The van der Waals surface area contributed by atoms with Gasteiger partial charge < -0.3 is 15.2 Å². The van der Waals surface area contributed by atoms with E-state index in [1.54, 1.807) is 7.11 Å². The van der Waals surface area contributed by atoms with Crippen LogP contribution < -0.4 is 10.5 Å². The Morgan fingerprint density at radius 2 is 2.39 bits per heavy atom. The van der Waals surface area contributed by atoms with Crippen LogP contribution in [-0.4, -0.2) is 44.4 Å². The molecule has 1 aromatic carbocycles. The maximum absolute atomic E-state index is 6.20. The van der Waals surface area contributed by atoms with Crippen molar-refractivity contribution in [3.8, 4) is 5.75 Å². The van der Waals surface area contributed by atoms with Crippen LogP contribution in [0.5, 0.6) is 5.75 Å². The third-order valence-corrected chi connectivity index (χ3v) is 3.50. The largest absolute Gasteiger partial charge is 0.497 e. The third-order valence-electron chi connectivity index (χ3n) is 3.13. The Bertz CT molecular complexity index is 401. The van der Waals surface area contributed by atoms with Crippen molar-refractivity contribution in [3.63, 3.8) is 0 Å². The van der Waals surface area contributed by atoms with Crippen LogP contribution in [0, 0.1) is 0 Å². The number of methoxy groups -OCH3 is 1. The summed E-state index contributed by atoms with van der Waals surface area (Å²) in [6.45, 7) is 3.84. The van der Waals surface area contributed by atoms with E-state index in [1.807, 2.05) is 18.2 Å². The zero-order valence-electron chi connectivity index (χ0n) is 10.6. The maximum Gasteiger partial charge on any atom is 0.119 e. The minimum absolute atomic E-state index is 0.128. The van der Waals surface area contributed by atoms with E-state index in [9.17, 15) is 0 Å². The average Bonchev–Trinajstić information content (AvgIpc) is 2.41. The fourth-order valence-corrected chi connectivity index (χ4v) is 2.28. The van der Waals surface area contributed by atoms with Crippen molar-refractivity contribution in [2.75, 3.05) is 33.4 Å².